The van der Waals surface area contributed by atoms with Crippen LogP contribution in [-0.2, 0) is 4.79 Å². The molecule has 0 bridgehead atoms. The second-order valence-corrected chi connectivity index (χ2v) is 9.34. The minimum Gasteiger partial charge on any atom is -0.494 e. The van der Waals surface area contributed by atoms with Crippen molar-refractivity contribution >= 4 is 46.6 Å². The number of hydrogen-bond acceptors (Lipinski definition) is 6. The van der Waals surface area contributed by atoms with E-state index < -0.39 is 0 Å². The predicted molar refractivity (Wildman–Crippen MR) is 146 cm³/mol. The summed E-state index contributed by atoms with van der Waals surface area (Å²) >= 11 is 13.3. The van der Waals surface area contributed by atoms with Crippen LogP contribution in [0.4, 0.5) is 0 Å². The number of carbonyl (C=O) groups is 1. The number of thioether (sulfide) groups is 1. The smallest absolute Gasteiger partial charge is 0.250 e. The molecule has 3 aromatic carbocycles. The normalized spacial score (nSPS) is 11.4. The average Bonchev–Trinajstić information content (AvgIpc) is 3.33. The summed E-state index contributed by atoms with van der Waals surface area (Å²) in [6.45, 7) is 4.31. The Balaban J connectivity index is 1.52. The second-order valence-electron chi connectivity index (χ2n) is 7.58. The van der Waals surface area contributed by atoms with Gasteiger partial charge in [-0.25, -0.2) is 5.43 Å². The van der Waals surface area contributed by atoms with Crippen LogP contribution < -0.4 is 10.2 Å². The Morgan fingerprint density at radius 3 is 2.47 bits per heavy atom. The van der Waals surface area contributed by atoms with Gasteiger partial charge in [0.25, 0.3) is 5.91 Å². The zero-order chi connectivity index (χ0) is 25.5. The molecule has 4 aromatic rings. The molecule has 10 heteroatoms. The number of amides is 1. The van der Waals surface area contributed by atoms with Crippen LogP contribution in [0.1, 0.15) is 19.4 Å². The van der Waals surface area contributed by atoms with E-state index in [2.05, 4.69) is 20.7 Å². The first kappa shape index (κ1) is 25.8. The molecule has 1 amide bonds. The summed E-state index contributed by atoms with van der Waals surface area (Å²) in [4.78, 5) is 12.6. The highest BCUT2D eigenvalue weighted by atomic mass is 35.5. The van der Waals surface area contributed by atoms with E-state index in [1.54, 1.807) is 25.1 Å². The predicted octanol–water partition coefficient (Wildman–Crippen LogP) is 6.27. The van der Waals surface area contributed by atoms with Crippen LogP contribution in [-0.4, -0.2) is 38.7 Å². The summed E-state index contributed by atoms with van der Waals surface area (Å²) in [5.41, 5.74) is 5.73. The Kier molecular flexibility index (Phi) is 8.64. The van der Waals surface area contributed by atoms with Gasteiger partial charge in [0, 0.05) is 11.3 Å². The maximum atomic E-state index is 12.6. The molecule has 0 unspecified atom stereocenters. The molecule has 0 fully saturated rings. The van der Waals surface area contributed by atoms with Crippen LogP contribution >= 0.6 is 35.0 Å². The number of ether oxygens (including phenoxy) is 1. The van der Waals surface area contributed by atoms with Crippen molar-refractivity contribution in [3.8, 4) is 22.8 Å². The highest BCUT2D eigenvalue weighted by Crippen LogP contribution is 2.29. The molecule has 0 saturated carbocycles. The minimum absolute atomic E-state index is 0.0993. The number of benzene rings is 3. The van der Waals surface area contributed by atoms with Crippen molar-refractivity contribution in [2.45, 2.75) is 19.0 Å². The zero-order valence-corrected chi connectivity index (χ0v) is 21.9. The Morgan fingerprint density at radius 2 is 1.78 bits per heavy atom. The summed E-state index contributed by atoms with van der Waals surface area (Å²) in [7, 11) is 0. The first-order chi connectivity index (χ1) is 17.5. The molecule has 1 aromatic heterocycles. The molecule has 36 heavy (non-hydrogen) atoms. The molecule has 4 rings (SSSR count). The van der Waals surface area contributed by atoms with Gasteiger partial charge in [0.2, 0.25) is 0 Å². The van der Waals surface area contributed by atoms with Gasteiger partial charge in [0.05, 0.1) is 28.1 Å². The first-order valence-electron chi connectivity index (χ1n) is 11.1. The summed E-state index contributed by atoms with van der Waals surface area (Å²) in [6, 6.07) is 22.6. The molecule has 0 spiro atoms. The highest BCUT2D eigenvalue weighted by molar-refractivity contribution is 7.99. The quantitative estimate of drug-likeness (QED) is 0.154. The Morgan fingerprint density at radius 1 is 1.03 bits per heavy atom. The SMILES string of the molecule is CCOc1ccc(-n2c(SCC(=O)N/N=C(\C)c3ccc(Cl)c(Cl)c3)nnc2-c2ccccc2)cc1. The van der Waals surface area contributed by atoms with E-state index in [9.17, 15) is 4.79 Å². The second kappa shape index (κ2) is 12.1. The lowest BCUT2D eigenvalue weighted by Gasteiger charge is -2.11. The highest BCUT2D eigenvalue weighted by Gasteiger charge is 2.17. The maximum Gasteiger partial charge on any atom is 0.250 e. The maximum absolute atomic E-state index is 12.6. The summed E-state index contributed by atoms with van der Waals surface area (Å²) in [6.07, 6.45) is 0. The van der Waals surface area contributed by atoms with Crippen LogP contribution in [0.5, 0.6) is 5.75 Å². The van der Waals surface area contributed by atoms with E-state index in [-0.39, 0.29) is 11.7 Å². The van der Waals surface area contributed by atoms with Crippen molar-refractivity contribution < 1.29 is 9.53 Å². The molecule has 0 aliphatic carbocycles. The van der Waals surface area contributed by atoms with Gasteiger partial charge < -0.3 is 4.74 Å². The van der Waals surface area contributed by atoms with Gasteiger partial charge in [-0.1, -0.05) is 71.4 Å². The summed E-state index contributed by atoms with van der Waals surface area (Å²) in [5.74, 6) is 1.28. The Hall–Kier alpha value is -3.33. The molecule has 1 N–H and O–H groups in total. The van der Waals surface area contributed by atoms with Crippen LogP contribution in [0.15, 0.2) is 83.1 Å². The Labute approximate surface area is 223 Å². The van der Waals surface area contributed by atoms with Crippen molar-refractivity contribution in [1.82, 2.24) is 20.2 Å². The monoisotopic (exact) mass is 539 g/mol. The van der Waals surface area contributed by atoms with Crippen molar-refractivity contribution in [1.29, 1.82) is 0 Å². The van der Waals surface area contributed by atoms with E-state index in [1.807, 2.05) is 66.1 Å². The standard InChI is InChI=1S/C26H23Cl2N5O2S/c1-3-35-21-12-10-20(11-13-21)33-25(18-7-5-4-6-8-18)31-32-26(33)36-16-24(34)30-29-17(2)19-9-14-22(27)23(28)15-19/h4-15H,3,16H2,1-2H3,(H,30,34)/b29-17+. The van der Waals surface area contributed by atoms with Crippen LogP contribution in [0.25, 0.3) is 17.1 Å². The largest absolute Gasteiger partial charge is 0.494 e. The van der Waals surface area contributed by atoms with Gasteiger partial charge in [-0.15, -0.1) is 10.2 Å². The topological polar surface area (TPSA) is 81.4 Å². The van der Waals surface area contributed by atoms with Crippen LogP contribution in [0.3, 0.4) is 0 Å². The molecular formula is C26H23Cl2N5O2S. The van der Waals surface area contributed by atoms with Gasteiger partial charge >= 0.3 is 0 Å². The van der Waals surface area contributed by atoms with Gasteiger partial charge in [-0.3, -0.25) is 9.36 Å². The third-order valence-corrected chi connectivity index (χ3v) is 6.76. The minimum atomic E-state index is -0.276. The number of carbonyl (C=O) groups excluding carboxylic acids is 1. The van der Waals surface area contributed by atoms with Crippen molar-refractivity contribution in [3.63, 3.8) is 0 Å². The molecule has 184 valence electrons. The third-order valence-electron chi connectivity index (χ3n) is 5.09. The molecule has 0 radical (unpaired) electrons. The van der Waals surface area contributed by atoms with Gasteiger partial charge in [-0.2, -0.15) is 5.10 Å². The van der Waals surface area contributed by atoms with Crippen molar-refractivity contribution in [3.05, 3.63) is 88.4 Å². The summed E-state index contributed by atoms with van der Waals surface area (Å²) in [5, 5.41) is 14.4. The molecule has 1 heterocycles. The fourth-order valence-corrected chi connectivity index (χ4v) is 4.37. The van der Waals surface area contributed by atoms with E-state index in [0.29, 0.717) is 33.3 Å². The van der Waals surface area contributed by atoms with Crippen molar-refractivity contribution in [2.75, 3.05) is 12.4 Å². The number of rotatable bonds is 9. The fraction of sp³-hybridized carbons (Fsp3) is 0.154. The number of nitrogens with zero attached hydrogens (tertiary/aromatic N) is 4. The third kappa shape index (κ3) is 6.26. The van der Waals surface area contributed by atoms with Crippen LogP contribution in [0.2, 0.25) is 10.0 Å². The number of aromatic nitrogens is 3. The number of nitrogens with one attached hydrogen (secondary N) is 1. The average molecular weight is 540 g/mol. The number of hydrazone groups is 1. The van der Waals surface area contributed by atoms with Gasteiger partial charge in [-0.05, 0) is 55.8 Å². The lowest BCUT2D eigenvalue weighted by molar-refractivity contribution is -0.118. The number of hydrogen-bond donors (Lipinski definition) is 1. The van der Waals surface area contributed by atoms with Crippen LogP contribution in [0, 0.1) is 0 Å². The lowest BCUT2D eigenvalue weighted by atomic mass is 10.1. The molecule has 0 aliphatic rings. The van der Waals surface area contributed by atoms with E-state index >= 15 is 0 Å². The number of halogens is 2. The first-order valence-corrected chi connectivity index (χ1v) is 12.9. The van der Waals surface area contributed by atoms with Gasteiger partial charge in [0.15, 0.2) is 11.0 Å². The van der Waals surface area contributed by atoms with E-state index in [1.165, 1.54) is 11.8 Å². The molecule has 0 aliphatic heterocycles. The molecule has 0 atom stereocenters. The molecule has 0 saturated heterocycles. The van der Waals surface area contributed by atoms with E-state index in [4.69, 9.17) is 27.9 Å². The van der Waals surface area contributed by atoms with Crippen molar-refractivity contribution in [2.24, 2.45) is 5.10 Å². The fourth-order valence-electron chi connectivity index (χ4n) is 3.32. The zero-order valence-electron chi connectivity index (χ0n) is 19.6. The van der Waals surface area contributed by atoms with E-state index in [0.717, 1.165) is 22.6 Å². The summed E-state index contributed by atoms with van der Waals surface area (Å²) < 4.78 is 7.49. The Bertz CT molecular complexity index is 1380. The molecular weight excluding hydrogens is 517 g/mol. The van der Waals surface area contributed by atoms with Gasteiger partial charge in [0.1, 0.15) is 5.75 Å². The lowest BCUT2D eigenvalue weighted by Crippen LogP contribution is -2.21. The molecule has 7 nitrogen and oxygen atoms in total.